The molecule has 3 heteroatoms. The van der Waals surface area contributed by atoms with Gasteiger partial charge in [-0.2, -0.15) is 0 Å². The number of hydrogen-bond donors (Lipinski definition) is 1. The van der Waals surface area contributed by atoms with Gasteiger partial charge in [0.15, 0.2) is 0 Å². The summed E-state index contributed by atoms with van der Waals surface area (Å²) < 4.78 is 0. The number of halogens is 2. The number of aliphatic hydroxyl groups excluding tert-OH is 1. The van der Waals surface area contributed by atoms with Crippen LogP contribution in [0.4, 0.5) is 0 Å². The Kier molecular flexibility index (Phi) is 25.6. The van der Waals surface area contributed by atoms with Gasteiger partial charge in [-0.25, -0.2) is 0 Å². The van der Waals surface area contributed by atoms with E-state index in [1.54, 1.807) is 44.5 Å². The molecule has 7 aliphatic carbocycles. The van der Waals surface area contributed by atoms with Crippen LogP contribution in [-0.4, -0.2) is 11.7 Å². The first-order valence-corrected chi connectivity index (χ1v) is 40.0. The van der Waals surface area contributed by atoms with E-state index < -0.39 is 0 Å². The molecule has 0 amide bonds. The molecule has 0 saturated carbocycles. The molecule has 0 unspecified atom stereocenters. The molecule has 14 rings (SSSR count). The van der Waals surface area contributed by atoms with E-state index in [-0.39, 0.29) is 17.4 Å². The van der Waals surface area contributed by atoms with Gasteiger partial charge in [-0.3, -0.25) is 0 Å². The smallest absolute Gasteiger partial charge is 0.0502 e. The number of hydrogen-bond acceptors (Lipinski definition) is 1. The van der Waals surface area contributed by atoms with E-state index in [1.165, 1.54) is 84.7 Å². The van der Waals surface area contributed by atoms with Crippen molar-refractivity contribution in [3.63, 3.8) is 0 Å². The molecule has 550 valence electrons. The second-order valence-corrected chi connectivity index (χ2v) is 41.8. The molecule has 0 fully saturated rings. The molecule has 1 N–H and O–H groups in total. The second-order valence-electron chi connectivity index (χ2n) is 40.9. The maximum absolute atomic E-state index is 9.55. The summed E-state index contributed by atoms with van der Waals surface area (Å²) in [5.74, 6) is 6.80. The third kappa shape index (κ3) is 19.8. The lowest BCUT2D eigenvalue weighted by atomic mass is 9.73. The van der Waals surface area contributed by atoms with Crippen molar-refractivity contribution in [2.45, 2.75) is 297 Å². The Bertz CT molecular complexity index is 3790. The largest absolute Gasteiger partial charge is 0.396 e. The molecule has 0 bridgehead atoms. The Labute approximate surface area is 629 Å². The summed E-state index contributed by atoms with van der Waals surface area (Å²) in [6.45, 7) is 63.5. The van der Waals surface area contributed by atoms with Gasteiger partial charge in [0.05, 0.1) is 6.61 Å². The van der Waals surface area contributed by atoms with Crippen LogP contribution in [0.25, 0.3) is 0 Å². The van der Waals surface area contributed by atoms with E-state index in [9.17, 15) is 5.11 Å². The standard InChI is InChI=1S/C15H21Cl.C15H22.C14H20O.2C14H20.C13H17Cl.C13H18/c1-14(2,3)13-9-15(4,5)12-8-10(16)6-7-11(12)13;1-14(2,3)13-10-15(4,5)12-9-7-6-8-11(12)13;1-14(2,3)13-8-10-6-4-5-7-11(10)12(13)9-15;2*1-10-9-11-7-5-6-8-12(11)13(10)14(2,3)4;1-13(2,3)12-7-4-9-8-10(14)5-6-11(9)12;1-13(2,3)12-9-8-10-6-4-5-7-11(10)12/h6-8,13H,9H2,1-5H3;6-9,13H,10H2,1-5H3;4-7,12-13,15H,8-9H2,1-3H3;2*5-8,10,13H,9H2,1-4H3;5-6,8,12H,4,7H2,1-3H3;4-7,12H,8-9H2,1-3H3/t2*13-;12-,13+;2*10-,13-;2*12-/m0010000/s1. The van der Waals surface area contributed by atoms with Crippen molar-refractivity contribution in [3.8, 4) is 0 Å². The van der Waals surface area contributed by atoms with Crippen LogP contribution in [-0.2, 0) is 42.9 Å². The highest BCUT2D eigenvalue weighted by Crippen LogP contribution is 2.56. The summed E-state index contributed by atoms with van der Waals surface area (Å²) in [5, 5.41) is 11.3. The zero-order valence-corrected chi connectivity index (χ0v) is 70.1. The van der Waals surface area contributed by atoms with Crippen LogP contribution in [0.15, 0.2) is 158 Å². The zero-order chi connectivity index (χ0) is 75.0. The minimum absolute atomic E-state index is 0.262. The topological polar surface area (TPSA) is 20.2 Å². The van der Waals surface area contributed by atoms with E-state index in [1.807, 2.05) is 12.1 Å². The molecular formula is C98H138Cl2O. The fourth-order valence-corrected chi connectivity index (χ4v) is 20.2. The van der Waals surface area contributed by atoms with Gasteiger partial charge in [-0.1, -0.05) is 344 Å². The molecule has 1 nitrogen and oxygen atoms in total. The summed E-state index contributed by atoms with van der Waals surface area (Å²) in [6, 6.07) is 57.1. The molecule has 7 aromatic carbocycles. The van der Waals surface area contributed by atoms with Crippen molar-refractivity contribution < 1.29 is 5.11 Å². The highest BCUT2D eigenvalue weighted by molar-refractivity contribution is 6.31. The number of benzene rings is 7. The fourth-order valence-electron chi connectivity index (χ4n) is 19.8. The Morgan fingerprint density at radius 3 is 1.10 bits per heavy atom. The summed E-state index contributed by atoms with van der Waals surface area (Å²) in [4.78, 5) is 0. The van der Waals surface area contributed by atoms with Crippen molar-refractivity contribution in [2.75, 3.05) is 6.61 Å². The Hall–Kier alpha value is -4.92. The van der Waals surface area contributed by atoms with Crippen LogP contribution >= 0.6 is 23.2 Å². The number of fused-ring (bicyclic) bond motifs is 7. The zero-order valence-electron chi connectivity index (χ0n) is 68.6. The van der Waals surface area contributed by atoms with Gasteiger partial charge in [0.2, 0.25) is 0 Å². The lowest BCUT2D eigenvalue weighted by molar-refractivity contribution is 0.156. The van der Waals surface area contributed by atoms with Crippen molar-refractivity contribution in [2.24, 2.45) is 55.7 Å². The fraction of sp³-hybridized carbons (Fsp3) is 0.571. The van der Waals surface area contributed by atoms with Crippen molar-refractivity contribution in [1.82, 2.24) is 0 Å². The van der Waals surface area contributed by atoms with Crippen LogP contribution in [0.3, 0.4) is 0 Å². The average molecular weight is 1400 g/mol. The minimum atomic E-state index is 0.262. The minimum Gasteiger partial charge on any atom is -0.396 e. The van der Waals surface area contributed by atoms with E-state index in [2.05, 4.69) is 333 Å². The van der Waals surface area contributed by atoms with Crippen LogP contribution in [0.2, 0.25) is 10.0 Å². The highest BCUT2D eigenvalue weighted by Gasteiger charge is 2.45. The maximum Gasteiger partial charge on any atom is 0.0502 e. The summed E-state index contributed by atoms with van der Waals surface area (Å²) in [7, 11) is 0. The van der Waals surface area contributed by atoms with Gasteiger partial charge in [0.25, 0.3) is 0 Å². The van der Waals surface area contributed by atoms with Crippen molar-refractivity contribution in [3.05, 3.63) is 246 Å². The summed E-state index contributed by atoms with van der Waals surface area (Å²) in [5.41, 5.74) is 24.5. The molecule has 0 heterocycles. The van der Waals surface area contributed by atoms with Gasteiger partial charge >= 0.3 is 0 Å². The molecule has 0 spiro atoms. The molecule has 0 aromatic heterocycles. The molecule has 0 radical (unpaired) electrons. The van der Waals surface area contributed by atoms with Gasteiger partial charge in [-0.15, -0.1) is 0 Å². The Balaban J connectivity index is 0.000000150. The molecule has 0 aliphatic heterocycles. The molecular weight excluding hydrogens is 1260 g/mol. The maximum atomic E-state index is 9.55. The van der Waals surface area contributed by atoms with E-state index in [0.29, 0.717) is 67.5 Å². The number of aliphatic hydroxyl groups is 1. The van der Waals surface area contributed by atoms with Gasteiger partial charge < -0.3 is 5.11 Å². The van der Waals surface area contributed by atoms with Gasteiger partial charge in [-0.05, 0) is 262 Å². The predicted octanol–water partition coefficient (Wildman–Crippen LogP) is 28.8. The van der Waals surface area contributed by atoms with Crippen molar-refractivity contribution in [1.29, 1.82) is 0 Å². The third-order valence-electron chi connectivity index (χ3n) is 24.7. The molecule has 101 heavy (non-hydrogen) atoms. The Morgan fingerprint density at radius 2 is 0.673 bits per heavy atom. The molecule has 10 atom stereocenters. The van der Waals surface area contributed by atoms with E-state index >= 15 is 0 Å². The monoisotopic (exact) mass is 1400 g/mol. The third-order valence-corrected chi connectivity index (χ3v) is 25.1. The summed E-state index contributed by atoms with van der Waals surface area (Å²) >= 11 is 12.1. The predicted molar refractivity (Wildman–Crippen MR) is 442 cm³/mol. The quantitative estimate of drug-likeness (QED) is 0.174. The highest BCUT2D eigenvalue weighted by atomic mass is 35.5. The first-order valence-electron chi connectivity index (χ1n) is 39.2. The molecule has 7 aromatic rings. The van der Waals surface area contributed by atoms with E-state index in [4.69, 9.17) is 23.2 Å². The number of rotatable bonds is 1. The molecule has 0 saturated heterocycles. The van der Waals surface area contributed by atoms with Crippen LogP contribution < -0.4 is 0 Å². The SMILES string of the molecule is CC(C)(C)[C@H]1CCc2cc(Cl)ccc21.CC(C)(C)[C@H]1CCc2ccccc21.CC(C)(C)[C@H]1Cc2ccccc2[C@H]1CO.CC1(C)C[C@H](C(C)(C)C)c2ccc(Cl)cc21.CC1(C)C[C@H](C(C)(C)C)c2ccccc21.C[C@H]1Cc2ccccc2[C@H]1C(C)(C)C.C[C@H]1Cc2ccccc2[C@H]1C(C)(C)C. The van der Waals surface area contributed by atoms with Crippen LogP contribution in [0.5, 0.6) is 0 Å². The molecule has 7 aliphatic rings. The normalized spacial score (nSPS) is 24.0. The van der Waals surface area contributed by atoms with Crippen molar-refractivity contribution >= 4 is 23.2 Å². The van der Waals surface area contributed by atoms with Crippen LogP contribution in [0.1, 0.15) is 332 Å². The number of aryl methyl sites for hydroxylation is 2. The Morgan fingerprint density at radius 1 is 0.337 bits per heavy atom. The second kappa shape index (κ2) is 31.6. The lowest BCUT2D eigenvalue weighted by Gasteiger charge is -2.31. The van der Waals surface area contributed by atoms with Gasteiger partial charge in [0, 0.05) is 16.0 Å². The lowest BCUT2D eigenvalue weighted by Crippen LogP contribution is -2.26. The van der Waals surface area contributed by atoms with Gasteiger partial charge in [0.1, 0.15) is 0 Å². The first-order chi connectivity index (χ1) is 46.6. The average Bonchev–Trinajstić information content (AvgIpc) is 1.64. The van der Waals surface area contributed by atoms with Crippen LogP contribution in [0, 0.1) is 55.7 Å². The van der Waals surface area contributed by atoms with E-state index in [0.717, 1.165) is 46.1 Å². The summed E-state index contributed by atoms with van der Waals surface area (Å²) in [6.07, 6.45) is 11.2. The first kappa shape index (κ1) is 81.7.